The van der Waals surface area contributed by atoms with E-state index >= 15 is 0 Å². The Hall–Kier alpha value is -0.490. The zero-order chi connectivity index (χ0) is 9.07. The predicted molar refractivity (Wildman–Crippen MR) is 37.9 cm³/mol. The normalized spacial score (nSPS) is 13.1. The molecule has 0 amide bonds. The van der Waals surface area contributed by atoms with Gasteiger partial charge < -0.3 is 10.5 Å². The quantitative estimate of drug-likeness (QED) is 0.679. The highest BCUT2D eigenvalue weighted by Gasteiger charge is 2.44. The van der Waals surface area contributed by atoms with Crippen molar-refractivity contribution in [3.8, 4) is 0 Å². The minimum Gasteiger partial charge on any atom is -0.469 e. The maximum atomic E-state index is 11.8. The molecule has 0 heterocycles. The van der Waals surface area contributed by atoms with Crippen LogP contribution in [0.15, 0.2) is 0 Å². The third kappa shape index (κ3) is 3.77. The summed E-state index contributed by atoms with van der Waals surface area (Å²) in [7, 11) is 0.886. The largest absolute Gasteiger partial charge is 0.469 e. The number of alkyl halides is 3. The van der Waals surface area contributed by atoms with Crippen LogP contribution < -0.4 is 5.73 Å². The van der Waals surface area contributed by atoms with Gasteiger partial charge in [-0.1, -0.05) is 0 Å². The van der Waals surface area contributed by atoms with E-state index in [0.717, 1.165) is 7.11 Å². The number of carbonyl (C=O) groups excluding carboxylic acids is 1. The van der Waals surface area contributed by atoms with Gasteiger partial charge in [0, 0.05) is 6.54 Å². The monoisotopic (exact) mass is 207 g/mol. The molecule has 0 fully saturated rings. The highest BCUT2D eigenvalue weighted by molar-refractivity contribution is 5.85. The second-order valence-corrected chi connectivity index (χ2v) is 1.85. The molecule has 2 N–H and O–H groups in total. The second kappa shape index (κ2) is 5.21. The van der Waals surface area contributed by atoms with E-state index in [1.807, 2.05) is 0 Å². The summed E-state index contributed by atoms with van der Waals surface area (Å²) < 4.78 is 39.2. The van der Waals surface area contributed by atoms with Gasteiger partial charge in [-0.15, -0.1) is 12.4 Å². The average molecular weight is 208 g/mol. The minimum absolute atomic E-state index is 0. The fraction of sp³-hybridized carbons (Fsp3) is 0.800. The molecule has 7 heteroatoms. The molecule has 0 aliphatic rings. The molecule has 0 bridgehead atoms. The molecule has 0 saturated heterocycles. The number of rotatable bonds is 2. The Balaban J connectivity index is 0. The molecule has 0 aliphatic carbocycles. The third-order valence-corrected chi connectivity index (χ3v) is 1.12. The summed E-state index contributed by atoms with van der Waals surface area (Å²) in [6.07, 6.45) is -4.61. The Morgan fingerprint density at radius 3 is 2.08 bits per heavy atom. The van der Waals surface area contributed by atoms with E-state index in [0.29, 0.717) is 0 Å². The topological polar surface area (TPSA) is 52.3 Å². The molecular weight excluding hydrogens is 199 g/mol. The van der Waals surface area contributed by atoms with Gasteiger partial charge in [0.15, 0.2) is 5.92 Å². The fourth-order valence-corrected chi connectivity index (χ4v) is 0.506. The number of hydrogen-bond donors (Lipinski definition) is 1. The van der Waals surface area contributed by atoms with Crippen molar-refractivity contribution < 1.29 is 22.7 Å². The lowest BCUT2D eigenvalue weighted by Crippen LogP contribution is -2.37. The van der Waals surface area contributed by atoms with Crippen molar-refractivity contribution in [1.82, 2.24) is 0 Å². The molecule has 0 aliphatic heterocycles. The second-order valence-electron chi connectivity index (χ2n) is 1.85. The Morgan fingerprint density at radius 1 is 1.58 bits per heavy atom. The van der Waals surface area contributed by atoms with Crippen LogP contribution in [-0.2, 0) is 9.53 Å². The molecule has 0 aromatic carbocycles. The molecule has 0 radical (unpaired) electrons. The first-order valence-corrected chi connectivity index (χ1v) is 2.78. The van der Waals surface area contributed by atoms with Crippen LogP contribution >= 0.6 is 12.4 Å². The highest BCUT2D eigenvalue weighted by Crippen LogP contribution is 2.25. The highest BCUT2D eigenvalue weighted by atomic mass is 35.5. The average Bonchev–Trinajstić information content (AvgIpc) is 1.86. The minimum atomic E-state index is -4.61. The summed E-state index contributed by atoms with van der Waals surface area (Å²) in [6, 6.07) is 0. The Labute approximate surface area is 73.5 Å². The number of halogens is 4. The molecule has 12 heavy (non-hydrogen) atoms. The van der Waals surface area contributed by atoms with Crippen molar-refractivity contribution >= 4 is 18.4 Å². The first-order valence-electron chi connectivity index (χ1n) is 2.78. The van der Waals surface area contributed by atoms with Gasteiger partial charge in [-0.25, -0.2) is 0 Å². The Kier molecular flexibility index (Phi) is 6.10. The summed E-state index contributed by atoms with van der Waals surface area (Å²) >= 11 is 0. The van der Waals surface area contributed by atoms with Crippen LogP contribution in [0.5, 0.6) is 0 Å². The van der Waals surface area contributed by atoms with Crippen LogP contribution in [0.25, 0.3) is 0 Å². The molecule has 3 nitrogen and oxygen atoms in total. The van der Waals surface area contributed by atoms with Crippen LogP contribution in [-0.4, -0.2) is 25.8 Å². The maximum Gasteiger partial charge on any atom is 0.403 e. The summed E-state index contributed by atoms with van der Waals surface area (Å²) in [5, 5.41) is 0. The fourth-order valence-electron chi connectivity index (χ4n) is 0.506. The first kappa shape index (κ1) is 14.1. The molecule has 0 aromatic heterocycles. The van der Waals surface area contributed by atoms with Crippen molar-refractivity contribution in [1.29, 1.82) is 0 Å². The zero-order valence-corrected chi connectivity index (χ0v) is 7.04. The number of carbonyl (C=O) groups is 1. The zero-order valence-electron chi connectivity index (χ0n) is 6.22. The van der Waals surface area contributed by atoms with E-state index in [1.54, 1.807) is 0 Å². The van der Waals surface area contributed by atoms with Crippen LogP contribution in [0, 0.1) is 5.92 Å². The van der Waals surface area contributed by atoms with Crippen molar-refractivity contribution in [3.63, 3.8) is 0 Å². The van der Waals surface area contributed by atoms with Gasteiger partial charge in [-0.05, 0) is 0 Å². The van der Waals surface area contributed by atoms with Gasteiger partial charge in [0.25, 0.3) is 0 Å². The number of nitrogens with two attached hydrogens (primary N) is 1. The van der Waals surface area contributed by atoms with E-state index in [9.17, 15) is 18.0 Å². The smallest absolute Gasteiger partial charge is 0.403 e. The van der Waals surface area contributed by atoms with Crippen LogP contribution in [0.1, 0.15) is 0 Å². The third-order valence-electron chi connectivity index (χ3n) is 1.12. The standard InChI is InChI=1S/C5H8F3NO2.ClH/c1-11-4(10)3(2-9)5(6,7)8;/h3H,2,9H2,1H3;1H. The number of hydrogen-bond acceptors (Lipinski definition) is 3. The van der Waals surface area contributed by atoms with Gasteiger partial charge in [0.1, 0.15) is 0 Å². The summed E-state index contributed by atoms with van der Waals surface area (Å²) in [4.78, 5) is 10.4. The van der Waals surface area contributed by atoms with E-state index in [-0.39, 0.29) is 12.4 Å². The van der Waals surface area contributed by atoms with Crippen molar-refractivity contribution in [3.05, 3.63) is 0 Å². The van der Waals surface area contributed by atoms with Crippen molar-refractivity contribution in [2.45, 2.75) is 6.18 Å². The summed E-state index contributed by atoms with van der Waals surface area (Å²) in [5.74, 6) is -3.55. The molecule has 1 unspecified atom stereocenters. The maximum absolute atomic E-state index is 11.8. The molecule has 0 spiro atoms. The van der Waals surface area contributed by atoms with Gasteiger partial charge in [0.2, 0.25) is 0 Å². The molecule has 1 atom stereocenters. The first-order chi connectivity index (χ1) is 4.93. The van der Waals surface area contributed by atoms with E-state index in [4.69, 9.17) is 5.73 Å². The Morgan fingerprint density at radius 2 is 2.00 bits per heavy atom. The van der Waals surface area contributed by atoms with Crippen LogP contribution in [0.4, 0.5) is 13.2 Å². The lowest BCUT2D eigenvalue weighted by atomic mass is 10.1. The number of ether oxygens (including phenoxy) is 1. The predicted octanol–water partition coefficient (Wildman–Crippen LogP) is 0.718. The molecule has 0 saturated carbocycles. The van der Waals surface area contributed by atoms with E-state index in [2.05, 4.69) is 4.74 Å². The molecule has 0 rings (SSSR count). The van der Waals surface area contributed by atoms with Gasteiger partial charge in [-0.2, -0.15) is 13.2 Å². The lowest BCUT2D eigenvalue weighted by Gasteiger charge is -2.14. The van der Waals surface area contributed by atoms with Gasteiger partial charge in [-0.3, -0.25) is 4.79 Å². The van der Waals surface area contributed by atoms with Crippen LogP contribution in [0.3, 0.4) is 0 Å². The molecular formula is C5H9ClF3NO2. The molecule has 0 aromatic rings. The summed E-state index contributed by atoms with van der Waals surface area (Å²) in [5.41, 5.74) is 4.71. The van der Waals surface area contributed by atoms with E-state index < -0.39 is 24.6 Å². The van der Waals surface area contributed by atoms with Crippen LogP contribution in [0.2, 0.25) is 0 Å². The van der Waals surface area contributed by atoms with Gasteiger partial charge >= 0.3 is 12.1 Å². The van der Waals surface area contributed by atoms with E-state index in [1.165, 1.54) is 0 Å². The van der Waals surface area contributed by atoms with Crippen molar-refractivity contribution in [2.24, 2.45) is 11.7 Å². The molecule has 74 valence electrons. The Bertz CT molecular complexity index is 150. The number of methoxy groups -OCH3 is 1. The SMILES string of the molecule is COC(=O)C(CN)C(F)(F)F.Cl. The van der Waals surface area contributed by atoms with Crippen molar-refractivity contribution in [2.75, 3.05) is 13.7 Å². The van der Waals surface area contributed by atoms with Gasteiger partial charge in [0.05, 0.1) is 7.11 Å². The number of esters is 1. The lowest BCUT2D eigenvalue weighted by molar-refractivity contribution is -0.193. The summed E-state index contributed by atoms with van der Waals surface area (Å²) in [6.45, 7) is -0.782.